The number of aromatic nitrogens is 1. The molecular formula is C19H22N2. The molecule has 1 aromatic heterocycles. The van der Waals surface area contributed by atoms with Crippen LogP contribution in [-0.4, -0.2) is 4.57 Å². The summed E-state index contributed by atoms with van der Waals surface area (Å²) in [5.41, 5.74) is 6.77. The van der Waals surface area contributed by atoms with Crippen LogP contribution in [0.25, 0.3) is 10.9 Å². The smallest absolute Gasteiger partial charge is 0.0483 e. The van der Waals surface area contributed by atoms with Crippen LogP contribution < -0.4 is 5.32 Å². The van der Waals surface area contributed by atoms with Gasteiger partial charge in [0.05, 0.1) is 0 Å². The van der Waals surface area contributed by atoms with E-state index in [0.29, 0.717) is 0 Å². The van der Waals surface area contributed by atoms with E-state index in [-0.39, 0.29) is 0 Å². The number of nitrogens with zero attached hydrogens (tertiary/aromatic N) is 1. The summed E-state index contributed by atoms with van der Waals surface area (Å²) in [6.07, 6.45) is 0. The number of fused-ring (bicyclic) bond motifs is 1. The Balaban J connectivity index is 1.78. The summed E-state index contributed by atoms with van der Waals surface area (Å²) in [4.78, 5) is 0. The van der Waals surface area contributed by atoms with Crippen molar-refractivity contribution in [3.63, 3.8) is 0 Å². The Morgan fingerprint density at radius 1 is 0.905 bits per heavy atom. The van der Waals surface area contributed by atoms with Crippen molar-refractivity contribution < 1.29 is 0 Å². The molecule has 0 fully saturated rings. The average molecular weight is 278 g/mol. The van der Waals surface area contributed by atoms with Gasteiger partial charge in [-0.05, 0) is 36.6 Å². The first-order valence-electron chi connectivity index (χ1n) is 7.46. The number of aryl methyl sites for hydroxylation is 3. The quantitative estimate of drug-likeness (QED) is 0.760. The maximum atomic E-state index is 3.58. The van der Waals surface area contributed by atoms with E-state index in [4.69, 9.17) is 0 Å². The van der Waals surface area contributed by atoms with Crippen LogP contribution >= 0.6 is 0 Å². The van der Waals surface area contributed by atoms with Gasteiger partial charge in [0.25, 0.3) is 0 Å². The molecule has 3 aromatic rings. The van der Waals surface area contributed by atoms with Crippen LogP contribution in [-0.2, 0) is 20.1 Å². The fraction of sp³-hybridized carbons (Fsp3) is 0.263. The Hall–Kier alpha value is -2.06. The van der Waals surface area contributed by atoms with Crippen molar-refractivity contribution in [1.82, 2.24) is 9.88 Å². The minimum atomic E-state index is 0.894. The summed E-state index contributed by atoms with van der Waals surface area (Å²) in [7, 11) is 2.15. The highest BCUT2D eigenvalue weighted by atomic mass is 15.0. The van der Waals surface area contributed by atoms with Gasteiger partial charge < -0.3 is 9.88 Å². The molecule has 108 valence electrons. The van der Waals surface area contributed by atoms with Crippen molar-refractivity contribution in [2.45, 2.75) is 26.9 Å². The molecule has 0 aliphatic rings. The second-order valence-electron chi connectivity index (χ2n) is 5.68. The zero-order valence-electron chi connectivity index (χ0n) is 13.0. The largest absolute Gasteiger partial charge is 0.346 e. The van der Waals surface area contributed by atoms with E-state index in [2.05, 4.69) is 79.3 Å². The summed E-state index contributed by atoms with van der Waals surface area (Å²) < 4.78 is 2.30. The molecule has 2 nitrogen and oxygen atoms in total. The number of hydrogen-bond donors (Lipinski definition) is 1. The lowest BCUT2D eigenvalue weighted by Crippen LogP contribution is -2.16. The highest BCUT2D eigenvalue weighted by Gasteiger charge is 2.10. The van der Waals surface area contributed by atoms with E-state index in [9.17, 15) is 0 Å². The molecule has 0 atom stereocenters. The molecule has 21 heavy (non-hydrogen) atoms. The standard InChI is InChI=1S/C19H22N2/c1-14-8-4-5-9-16(14)12-20-13-19-15(2)17-10-6-7-11-18(17)21(19)3/h4-11,20H,12-13H2,1-3H3. The van der Waals surface area contributed by atoms with E-state index >= 15 is 0 Å². The Bertz CT molecular complexity index is 729. The van der Waals surface area contributed by atoms with Crippen LogP contribution in [0.2, 0.25) is 0 Å². The van der Waals surface area contributed by atoms with Crippen LogP contribution in [0.1, 0.15) is 22.4 Å². The molecule has 0 saturated carbocycles. The normalized spacial score (nSPS) is 11.2. The van der Waals surface area contributed by atoms with Gasteiger partial charge in [-0.1, -0.05) is 42.5 Å². The van der Waals surface area contributed by atoms with Gasteiger partial charge in [-0.3, -0.25) is 0 Å². The minimum absolute atomic E-state index is 0.894. The zero-order valence-corrected chi connectivity index (χ0v) is 13.0. The van der Waals surface area contributed by atoms with E-state index in [1.165, 1.54) is 33.3 Å². The van der Waals surface area contributed by atoms with Gasteiger partial charge >= 0.3 is 0 Å². The Morgan fingerprint density at radius 3 is 2.38 bits per heavy atom. The SMILES string of the molecule is Cc1ccccc1CNCc1c(C)c2ccccc2n1C. The van der Waals surface area contributed by atoms with E-state index in [0.717, 1.165) is 13.1 Å². The molecule has 0 bridgehead atoms. The summed E-state index contributed by atoms with van der Waals surface area (Å²) in [6.45, 7) is 6.19. The Labute approximate surface area is 126 Å². The van der Waals surface area contributed by atoms with Gasteiger partial charge in [-0.2, -0.15) is 0 Å². The van der Waals surface area contributed by atoms with E-state index in [1.807, 2.05) is 0 Å². The molecule has 0 unspecified atom stereocenters. The molecule has 0 amide bonds. The van der Waals surface area contributed by atoms with Gasteiger partial charge in [0.1, 0.15) is 0 Å². The van der Waals surface area contributed by atoms with E-state index < -0.39 is 0 Å². The molecule has 0 radical (unpaired) electrons. The summed E-state index contributed by atoms with van der Waals surface area (Å²) in [5, 5.41) is 4.93. The first-order valence-corrected chi connectivity index (χ1v) is 7.46. The maximum Gasteiger partial charge on any atom is 0.0483 e. The predicted molar refractivity (Wildman–Crippen MR) is 89.4 cm³/mol. The van der Waals surface area contributed by atoms with Crippen LogP contribution in [0, 0.1) is 13.8 Å². The van der Waals surface area contributed by atoms with E-state index in [1.54, 1.807) is 0 Å². The monoisotopic (exact) mass is 278 g/mol. The first kappa shape index (κ1) is 13.9. The van der Waals surface area contributed by atoms with Gasteiger partial charge in [-0.25, -0.2) is 0 Å². The molecule has 0 aliphatic heterocycles. The number of rotatable bonds is 4. The van der Waals surface area contributed by atoms with Crippen molar-refractivity contribution in [3.05, 3.63) is 70.9 Å². The lowest BCUT2D eigenvalue weighted by atomic mass is 10.1. The van der Waals surface area contributed by atoms with Crippen LogP contribution in [0.3, 0.4) is 0 Å². The topological polar surface area (TPSA) is 17.0 Å². The Kier molecular flexibility index (Phi) is 3.80. The molecule has 2 heteroatoms. The van der Waals surface area contributed by atoms with Crippen molar-refractivity contribution in [2.24, 2.45) is 7.05 Å². The fourth-order valence-corrected chi connectivity index (χ4v) is 3.01. The molecule has 0 aliphatic carbocycles. The second kappa shape index (κ2) is 5.74. The lowest BCUT2D eigenvalue weighted by Gasteiger charge is -2.10. The second-order valence-corrected chi connectivity index (χ2v) is 5.68. The molecule has 0 spiro atoms. The highest BCUT2D eigenvalue weighted by molar-refractivity contribution is 5.85. The molecule has 1 heterocycles. The molecule has 1 N–H and O–H groups in total. The highest BCUT2D eigenvalue weighted by Crippen LogP contribution is 2.24. The first-order chi connectivity index (χ1) is 10.2. The van der Waals surface area contributed by atoms with Gasteiger partial charge in [0.2, 0.25) is 0 Å². The lowest BCUT2D eigenvalue weighted by molar-refractivity contribution is 0.654. The summed E-state index contributed by atoms with van der Waals surface area (Å²) in [5.74, 6) is 0. The number of nitrogens with one attached hydrogen (secondary N) is 1. The van der Waals surface area contributed by atoms with Gasteiger partial charge in [-0.15, -0.1) is 0 Å². The third kappa shape index (κ3) is 2.59. The predicted octanol–water partition coefficient (Wildman–Crippen LogP) is 4.08. The van der Waals surface area contributed by atoms with Crippen LogP contribution in [0.15, 0.2) is 48.5 Å². The minimum Gasteiger partial charge on any atom is -0.346 e. The van der Waals surface area contributed by atoms with Crippen LogP contribution in [0.4, 0.5) is 0 Å². The molecule has 3 rings (SSSR count). The van der Waals surface area contributed by atoms with Crippen LogP contribution in [0.5, 0.6) is 0 Å². The van der Waals surface area contributed by atoms with Crippen molar-refractivity contribution in [1.29, 1.82) is 0 Å². The molecular weight excluding hydrogens is 256 g/mol. The summed E-state index contributed by atoms with van der Waals surface area (Å²) >= 11 is 0. The fourth-order valence-electron chi connectivity index (χ4n) is 3.01. The molecule has 0 saturated heterocycles. The number of benzene rings is 2. The average Bonchev–Trinajstić information content (AvgIpc) is 2.74. The Morgan fingerprint density at radius 2 is 1.62 bits per heavy atom. The number of para-hydroxylation sites is 1. The third-order valence-electron chi connectivity index (χ3n) is 4.38. The number of hydrogen-bond acceptors (Lipinski definition) is 1. The van der Waals surface area contributed by atoms with Crippen molar-refractivity contribution in [3.8, 4) is 0 Å². The van der Waals surface area contributed by atoms with Crippen molar-refractivity contribution in [2.75, 3.05) is 0 Å². The summed E-state index contributed by atoms with van der Waals surface area (Å²) in [6, 6.07) is 17.2. The third-order valence-corrected chi connectivity index (χ3v) is 4.38. The molecule has 2 aromatic carbocycles. The van der Waals surface area contributed by atoms with Gasteiger partial charge in [0, 0.05) is 36.7 Å². The zero-order chi connectivity index (χ0) is 14.8. The van der Waals surface area contributed by atoms with Crippen molar-refractivity contribution >= 4 is 10.9 Å². The maximum absolute atomic E-state index is 3.58. The van der Waals surface area contributed by atoms with Gasteiger partial charge in [0.15, 0.2) is 0 Å².